The van der Waals surface area contributed by atoms with Crippen molar-refractivity contribution >= 4 is 29.1 Å². The quantitative estimate of drug-likeness (QED) is 0.353. The van der Waals surface area contributed by atoms with Crippen molar-refractivity contribution in [2.45, 2.75) is 77.0 Å². The number of unbranched alkanes of at least 4 members (excludes halogenated alkanes) is 2. The minimum absolute atomic E-state index is 0.0756. The summed E-state index contributed by atoms with van der Waals surface area (Å²) >= 11 is 0. The van der Waals surface area contributed by atoms with E-state index in [1.165, 1.54) is 0 Å². The molecule has 0 saturated carbocycles. The van der Waals surface area contributed by atoms with E-state index in [1.807, 2.05) is 45.9 Å². The van der Waals surface area contributed by atoms with Crippen LogP contribution in [0, 0.1) is 25.7 Å². The maximum absolute atomic E-state index is 14.2. The number of aliphatic hydroxyl groups is 1. The van der Waals surface area contributed by atoms with E-state index in [0.29, 0.717) is 50.3 Å². The number of amides is 3. The van der Waals surface area contributed by atoms with Crippen molar-refractivity contribution in [1.82, 2.24) is 4.90 Å². The molecule has 2 aromatic rings. The molecule has 5 rings (SSSR count). The Bertz CT molecular complexity index is 1290. The molecule has 3 saturated heterocycles. The SMILES string of the molecule is CCOc1ccc(NC(=O)[C@H]2[C@H]3C(=O)N(CCCCCO)C(C(=O)Nc4c(C)cccc4C)C34CC[C@]2(C)O4)cc1. The number of aliphatic hydroxyl groups excluding tert-OH is 1. The number of benzene rings is 2. The number of likely N-dealkylation sites (tertiary alicyclic amines) is 1. The fourth-order valence-corrected chi connectivity index (χ4v) is 7.16. The van der Waals surface area contributed by atoms with E-state index in [9.17, 15) is 19.5 Å². The Labute approximate surface area is 241 Å². The lowest BCUT2D eigenvalue weighted by Crippen LogP contribution is -2.53. The van der Waals surface area contributed by atoms with Gasteiger partial charge in [-0.3, -0.25) is 14.4 Å². The lowest BCUT2D eigenvalue weighted by Gasteiger charge is -2.33. The predicted molar refractivity (Wildman–Crippen MR) is 156 cm³/mol. The van der Waals surface area contributed by atoms with Crippen LogP contribution in [-0.2, 0) is 19.1 Å². The molecule has 0 radical (unpaired) electrons. The number of nitrogens with one attached hydrogen (secondary N) is 2. The minimum Gasteiger partial charge on any atom is -0.494 e. The summed E-state index contributed by atoms with van der Waals surface area (Å²) in [4.78, 5) is 43.8. The normalized spacial score (nSPS) is 28.1. The summed E-state index contributed by atoms with van der Waals surface area (Å²) in [5.74, 6) is -1.60. The maximum atomic E-state index is 14.2. The van der Waals surface area contributed by atoms with Gasteiger partial charge < -0.3 is 30.1 Å². The molecule has 3 aliphatic heterocycles. The summed E-state index contributed by atoms with van der Waals surface area (Å²) in [6.45, 7) is 8.66. The standard InChI is InChI=1S/C32H41N3O6/c1-5-40-23-14-12-22(13-15-23)33-28(37)24-25-30(39)35(18-7-6-8-19-36)27(32(25)17-16-31(24,4)41-32)29(38)34-26-20(2)10-9-11-21(26)3/h9-15,24-25,27,36H,5-8,16-19H2,1-4H3,(H,33,37)(H,34,38)/t24-,25+,27?,31+,32?/m1/s1. The van der Waals surface area contributed by atoms with Gasteiger partial charge >= 0.3 is 0 Å². The highest BCUT2D eigenvalue weighted by Crippen LogP contribution is 2.63. The largest absolute Gasteiger partial charge is 0.494 e. The fourth-order valence-electron chi connectivity index (χ4n) is 7.16. The highest BCUT2D eigenvalue weighted by atomic mass is 16.5. The average Bonchev–Trinajstić information content (AvgIpc) is 3.50. The summed E-state index contributed by atoms with van der Waals surface area (Å²) in [5.41, 5.74) is 1.24. The smallest absolute Gasteiger partial charge is 0.250 e. The third-order valence-corrected chi connectivity index (χ3v) is 9.03. The number of para-hydroxylation sites is 1. The zero-order valence-electron chi connectivity index (χ0n) is 24.4. The van der Waals surface area contributed by atoms with Crippen molar-refractivity contribution in [3.05, 3.63) is 53.6 Å². The number of ether oxygens (including phenoxy) is 2. The lowest BCUT2D eigenvalue weighted by atomic mass is 9.66. The van der Waals surface area contributed by atoms with Gasteiger partial charge in [-0.25, -0.2) is 0 Å². The first kappa shape index (κ1) is 29.1. The molecule has 9 nitrogen and oxygen atoms in total. The van der Waals surface area contributed by atoms with Crippen molar-refractivity contribution in [2.75, 3.05) is 30.4 Å². The number of carbonyl (C=O) groups excluding carboxylic acids is 3. The Morgan fingerprint density at radius 3 is 2.39 bits per heavy atom. The molecule has 3 amide bonds. The first-order chi connectivity index (χ1) is 19.6. The minimum atomic E-state index is -1.09. The number of hydrogen-bond donors (Lipinski definition) is 3. The van der Waals surface area contributed by atoms with Crippen LogP contribution < -0.4 is 15.4 Å². The first-order valence-electron chi connectivity index (χ1n) is 14.7. The summed E-state index contributed by atoms with van der Waals surface area (Å²) in [6.07, 6.45) is 3.08. The van der Waals surface area contributed by atoms with Gasteiger partial charge in [-0.05, 0) is 95.2 Å². The van der Waals surface area contributed by atoms with Crippen molar-refractivity contribution in [1.29, 1.82) is 0 Å². The van der Waals surface area contributed by atoms with Crippen LogP contribution in [0.2, 0.25) is 0 Å². The molecular formula is C32H41N3O6. The zero-order chi connectivity index (χ0) is 29.4. The average molecular weight is 564 g/mol. The molecule has 3 aliphatic rings. The van der Waals surface area contributed by atoms with Gasteiger partial charge in [-0.2, -0.15) is 0 Å². The van der Waals surface area contributed by atoms with Gasteiger partial charge in [-0.15, -0.1) is 0 Å². The lowest BCUT2D eigenvalue weighted by molar-refractivity contribution is -0.143. The second-order valence-electron chi connectivity index (χ2n) is 11.7. The van der Waals surface area contributed by atoms with Gasteiger partial charge in [-0.1, -0.05) is 18.2 Å². The molecule has 9 heteroatoms. The Balaban J connectivity index is 1.45. The van der Waals surface area contributed by atoms with Crippen LogP contribution in [0.15, 0.2) is 42.5 Å². The molecule has 3 fully saturated rings. The molecular weight excluding hydrogens is 522 g/mol. The number of carbonyl (C=O) groups is 3. The van der Waals surface area contributed by atoms with Crippen LogP contribution in [0.1, 0.15) is 57.1 Å². The van der Waals surface area contributed by atoms with E-state index in [1.54, 1.807) is 29.2 Å². The summed E-state index contributed by atoms with van der Waals surface area (Å²) in [5, 5.41) is 15.4. The van der Waals surface area contributed by atoms with Gasteiger partial charge in [0.15, 0.2) is 0 Å². The number of hydrogen-bond acceptors (Lipinski definition) is 6. The highest BCUT2D eigenvalue weighted by Gasteiger charge is 2.77. The topological polar surface area (TPSA) is 117 Å². The van der Waals surface area contributed by atoms with Crippen LogP contribution in [0.5, 0.6) is 5.75 Å². The molecule has 0 aliphatic carbocycles. The molecule has 2 aromatic carbocycles. The van der Waals surface area contributed by atoms with Crippen LogP contribution in [0.3, 0.4) is 0 Å². The first-order valence-corrected chi connectivity index (χ1v) is 14.7. The fraction of sp³-hybridized carbons (Fsp3) is 0.531. The molecule has 3 heterocycles. The number of rotatable bonds is 11. The van der Waals surface area contributed by atoms with Gasteiger partial charge in [0, 0.05) is 24.5 Å². The van der Waals surface area contributed by atoms with Crippen LogP contribution in [0.25, 0.3) is 0 Å². The molecule has 220 valence electrons. The van der Waals surface area contributed by atoms with Crippen molar-refractivity contribution in [3.8, 4) is 5.75 Å². The van der Waals surface area contributed by atoms with Crippen LogP contribution in [0.4, 0.5) is 11.4 Å². The third kappa shape index (κ3) is 5.10. The van der Waals surface area contributed by atoms with Gasteiger partial charge in [0.2, 0.25) is 17.7 Å². The second kappa shape index (κ2) is 11.4. The number of fused-ring (bicyclic) bond motifs is 1. The van der Waals surface area contributed by atoms with Crippen LogP contribution in [-0.4, -0.2) is 64.7 Å². The maximum Gasteiger partial charge on any atom is 0.250 e. The summed E-state index contributed by atoms with van der Waals surface area (Å²) < 4.78 is 12.2. The molecule has 2 unspecified atom stereocenters. The van der Waals surface area contributed by atoms with Crippen molar-refractivity contribution in [3.63, 3.8) is 0 Å². The third-order valence-electron chi connectivity index (χ3n) is 9.03. The van der Waals surface area contributed by atoms with E-state index in [0.717, 1.165) is 23.2 Å². The predicted octanol–water partition coefficient (Wildman–Crippen LogP) is 4.21. The molecule has 1 spiro atoms. The number of aryl methyl sites for hydroxylation is 2. The van der Waals surface area contributed by atoms with Gasteiger partial charge in [0.25, 0.3) is 0 Å². The van der Waals surface area contributed by atoms with Crippen LogP contribution >= 0.6 is 0 Å². The van der Waals surface area contributed by atoms with E-state index in [-0.39, 0.29) is 24.3 Å². The number of anilines is 2. The van der Waals surface area contributed by atoms with E-state index in [4.69, 9.17) is 9.47 Å². The second-order valence-corrected chi connectivity index (χ2v) is 11.7. The van der Waals surface area contributed by atoms with Gasteiger partial charge in [0.1, 0.15) is 17.4 Å². The summed E-state index contributed by atoms with van der Waals surface area (Å²) in [7, 11) is 0. The van der Waals surface area contributed by atoms with E-state index >= 15 is 0 Å². The monoisotopic (exact) mass is 563 g/mol. The Morgan fingerprint density at radius 2 is 1.73 bits per heavy atom. The Hall–Kier alpha value is -3.43. The molecule has 2 bridgehead atoms. The molecule has 41 heavy (non-hydrogen) atoms. The molecule has 5 atom stereocenters. The Kier molecular flexibility index (Phi) is 8.12. The molecule has 0 aromatic heterocycles. The molecule has 3 N–H and O–H groups in total. The van der Waals surface area contributed by atoms with E-state index < -0.39 is 29.1 Å². The van der Waals surface area contributed by atoms with Crippen molar-refractivity contribution in [2.24, 2.45) is 11.8 Å². The van der Waals surface area contributed by atoms with Gasteiger partial charge in [0.05, 0.1) is 24.0 Å². The number of nitrogens with zero attached hydrogens (tertiary/aromatic N) is 1. The summed E-state index contributed by atoms with van der Waals surface area (Å²) in [6, 6.07) is 12.1. The van der Waals surface area contributed by atoms with Crippen molar-refractivity contribution < 1.29 is 29.0 Å². The van der Waals surface area contributed by atoms with E-state index in [2.05, 4.69) is 10.6 Å². The zero-order valence-corrected chi connectivity index (χ0v) is 24.4. The Morgan fingerprint density at radius 1 is 1.02 bits per heavy atom. The highest BCUT2D eigenvalue weighted by molar-refractivity contribution is 6.05.